The number of alkyl halides is 3. The maximum atomic E-state index is 11.8. The van der Waals surface area contributed by atoms with Crippen LogP contribution in [-0.2, 0) is 9.53 Å². The van der Waals surface area contributed by atoms with Crippen LogP contribution in [0.2, 0.25) is 0 Å². The minimum absolute atomic E-state index is 0.197. The molecule has 13 heavy (non-hydrogen) atoms. The van der Waals surface area contributed by atoms with Crippen LogP contribution in [0.15, 0.2) is 0 Å². The van der Waals surface area contributed by atoms with Gasteiger partial charge in [-0.3, -0.25) is 4.74 Å². The molecule has 0 aliphatic heterocycles. The summed E-state index contributed by atoms with van der Waals surface area (Å²) in [5, 5.41) is 0. The van der Waals surface area contributed by atoms with Crippen LogP contribution in [0.3, 0.4) is 0 Å². The second-order valence-corrected chi connectivity index (χ2v) is 3.25. The number of carbonyl (C=O) groups is 1. The van der Waals surface area contributed by atoms with Crippen LogP contribution in [0.25, 0.3) is 0 Å². The van der Waals surface area contributed by atoms with Crippen LogP contribution in [0.5, 0.6) is 0 Å². The smallest absolute Gasteiger partial charge is 0.303 e. The summed E-state index contributed by atoms with van der Waals surface area (Å²) in [4.78, 5) is 10.3. The molecular formula is C8H11F3O2. The summed E-state index contributed by atoms with van der Waals surface area (Å²) < 4.78 is 39.1. The number of carbonyl (C=O) groups excluding carboxylic acids is 1. The van der Waals surface area contributed by atoms with E-state index >= 15 is 0 Å². The number of aldehydes is 1. The summed E-state index contributed by atoms with van der Waals surface area (Å²) in [5.74, 6) is -0.263. The largest absolute Gasteiger partial charge is 0.522 e. The molecule has 2 nitrogen and oxygen atoms in total. The van der Waals surface area contributed by atoms with E-state index in [1.165, 1.54) is 0 Å². The molecule has 0 aromatic carbocycles. The molecule has 1 fully saturated rings. The first-order chi connectivity index (χ1) is 6.01. The van der Waals surface area contributed by atoms with Crippen LogP contribution in [0, 0.1) is 5.92 Å². The molecule has 76 valence electrons. The highest BCUT2D eigenvalue weighted by Gasteiger charge is 2.35. The summed E-state index contributed by atoms with van der Waals surface area (Å²) in [6.07, 6.45) is -2.79. The van der Waals surface area contributed by atoms with Gasteiger partial charge in [-0.05, 0) is 19.3 Å². The highest BCUT2D eigenvalue weighted by atomic mass is 19.4. The Labute approximate surface area is 74.1 Å². The van der Waals surface area contributed by atoms with Crippen LogP contribution in [0.4, 0.5) is 13.2 Å². The first kappa shape index (κ1) is 10.5. The lowest BCUT2D eigenvalue weighted by molar-refractivity contribution is -0.346. The average Bonchev–Trinajstić information content (AvgIpc) is 2.01. The van der Waals surface area contributed by atoms with Crippen molar-refractivity contribution in [2.24, 2.45) is 5.92 Å². The molecule has 0 radical (unpaired) electrons. The Morgan fingerprint density at radius 1 is 1.31 bits per heavy atom. The van der Waals surface area contributed by atoms with Crippen molar-refractivity contribution in [3.63, 3.8) is 0 Å². The molecule has 1 saturated carbocycles. The summed E-state index contributed by atoms with van der Waals surface area (Å²) in [7, 11) is 0. The zero-order valence-corrected chi connectivity index (χ0v) is 7.01. The maximum absolute atomic E-state index is 11.8. The Balaban J connectivity index is 2.38. The lowest BCUT2D eigenvalue weighted by Crippen LogP contribution is -2.29. The molecular weight excluding hydrogens is 185 g/mol. The van der Waals surface area contributed by atoms with E-state index in [2.05, 4.69) is 4.74 Å². The van der Waals surface area contributed by atoms with Crippen molar-refractivity contribution < 1.29 is 22.7 Å². The van der Waals surface area contributed by atoms with Gasteiger partial charge in [-0.15, -0.1) is 13.2 Å². The molecule has 0 aromatic rings. The van der Waals surface area contributed by atoms with Gasteiger partial charge in [-0.25, -0.2) is 0 Å². The van der Waals surface area contributed by atoms with Gasteiger partial charge in [-0.1, -0.05) is 6.42 Å². The topological polar surface area (TPSA) is 26.3 Å². The molecule has 0 saturated heterocycles. The standard InChI is InChI=1S/C8H11F3O2/c9-8(10,11)13-7-3-1-2-6(4-7)5-12/h5-7H,1-4H2. The first-order valence-corrected chi connectivity index (χ1v) is 4.21. The van der Waals surface area contributed by atoms with Crippen LogP contribution < -0.4 is 0 Å². The summed E-state index contributed by atoms with van der Waals surface area (Å²) in [6.45, 7) is 0. The van der Waals surface area contributed by atoms with Gasteiger partial charge in [-0.2, -0.15) is 0 Å². The van der Waals surface area contributed by atoms with E-state index in [9.17, 15) is 18.0 Å². The molecule has 0 aromatic heterocycles. The number of rotatable bonds is 2. The van der Waals surface area contributed by atoms with Crippen molar-refractivity contribution in [2.75, 3.05) is 0 Å². The van der Waals surface area contributed by atoms with Gasteiger partial charge in [0.1, 0.15) is 6.29 Å². The van der Waals surface area contributed by atoms with E-state index < -0.39 is 12.5 Å². The van der Waals surface area contributed by atoms with Crippen LogP contribution in [0.1, 0.15) is 25.7 Å². The normalized spacial score (nSPS) is 30.1. The molecule has 0 heterocycles. The second kappa shape index (κ2) is 4.09. The van der Waals surface area contributed by atoms with Gasteiger partial charge in [0.25, 0.3) is 0 Å². The van der Waals surface area contributed by atoms with E-state index in [1.54, 1.807) is 0 Å². The minimum Gasteiger partial charge on any atom is -0.303 e. The molecule has 2 atom stereocenters. The van der Waals surface area contributed by atoms with Crippen molar-refractivity contribution in [2.45, 2.75) is 38.1 Å². The summed E-state index contributed by atoms with van der Waals surface area (Å²) >= 11 is 0. The zero-order valence-electron chi connectivity index (χ0n) is 7.01. The molecule has 1 aliphatic carbocycles. The highest BCUT2D eigenvalue weighted by molar-refractivity contribution is 5.53. The number of hydrogen-bond donors (Lipinski definition) is 0. The third-order valence-corrected chi connectivity index (χ3v) is 2.16. The summed E-state index contributed by atoms with van der Waals surface area (Å²) in [5.41, 5.74) is 0. The predicted octanol–water partition coefficient (Wildman–Crippen LogP) is 2.28. The van der Waals surface area contributed by atoms with Crippen molar-refractivity contribution in [3.8, 4) is 0 Å². The minimum atomic E-state index is -4.57. The van der Waals surface area contributed by atoms with Crippen LogP contribution >= 0.6 is 0 Å². The first-order valence-electron chi connectivity index (χ1n) is 4.21. The highest BCUT2D eigenvalue weighted by Crippen LogP contribution is 2.29. The molecule has 0 spiro atoms. The number of ether oxygens (including phenoxy) is 1. The summed E-state index contributed by atoms with van der Waals surface area (Å²) in [6, 6.07) is 0. The third-order valence-electron chi connectivity index (χ3n) is 2.16. The quantitative estimate of drug-likeness (QED) is 0.633. The van der Waals surface area contributed by atoms with Crippen molar-refractivity contribution in [1.29, 1.82) is 0 Å². The van der Waals surface area contributed by atoms with Gasteiger partial charge >= 0.3 is 6.36 Å². The van der Waals surface area contributed by atoms with Crippen molar-refractivity contribution >= 4 is 6.29 Å². The van der Waals surface area contributed by atoms with Crippen molar-refractivity contribution in [3.05, 3.63) is 0 Å². The van der Waals surface area contributed by atoms with E-state index in [4.69, 9.17) is 0 Å². The predicted molar refractivity (Wildman–Crippen MR) is 39.0 cm³/mol. The van der Waals surface area contributed by atoms with Crippen molar-refractivity contribution in [1.82, 2.24) is 0 Å². The van der Waals surface area contributed by atoms with Gasteiger partial charge < -0.3 is 4.79 Å². The molecule has 5 heteroatoms. The van der Waals surface area contributed by atoms with Gasteiger partial charge in [0, 0.05) is 5.92 Å². The number of halogens is 3. The fraction of sp³-hybridized carbons (Fsp3) is 0.875. The molecule has 2 unspecified atom stereocenters. The number of hydrogen-bond acceptors (Lipinski definition) is 2. The van der Waals surface area contributed by atoms with Gasteiger partial charge in [0.05, 0.1) is 6.10 Å². The molecule has 1 rings (SSSR count). The fourth-order valence-corrected chi connectivity index (χ4v) is 1.60. The van der Waals surface area contributed by atoms with Crippen LogP contribution in [-0.4, -0.2) is 18.8 Å². The molecule has 0 N–H and O–H groups in total. The molecule has 0 bridgehead atoms. The van der Waals surface area contributed by atoms with E-state index in [1.807, 2.05) is 0 Å². The molecule has 1 aliphatic rings. The monoisotopic (exact) mass is 196 g/mol. The Hall–Kier alpha value is -0.580. The lowest BCUT2D eigenvalue weighted by atomic mass is 9.88. The average molecular weight is 196 g/mol. The fourth-order valence-electron chi connectivity index (χ4n) is 1.60. The van der Waals surface area contributed by atoms with Gasteiger partial charge in [0.2, 0.25) is 0 Å². The Kier molecular flexibility index (Phi) is 3.30. The van der Waals surface area contributed by atoms with E-state index in [0.29, 0.717) is 25.5 Å². The SMILES string of the molecule is O=CC1CCCC(OC(F)(F)F)C1. The maximum Gasteiger partial charge on any atom is 0.522 e. The van der Waals surface area contributed by atoms with Gasteiger partial charge in [0.15, 0.2) is 0 Å². The molecule has 0 amide bonds. The Morgan fingerprint density at radius 2 is 2.00 bits per heavy atom. The van der Waals surface area contributed by atoms with E-state index in [-0.39, 0.29) is 12.3 Å². The third kappa shape index (κ3) is 3.76. The Bertz CT molecular complexity index is 179. The second-order valence-electron chi connectivity index (χ2n) is 3.25. The lowest BCUT2D eigenvalue weighted by Gasteiger charge is -2.26. The Morgan fingerprint density at radius 3 is 2.54 bits per heavy atom. The van der Waals surface area contributed by atoms with E-state index in [0.717, 1.165) is 0 Å². The zero-order chi connectivity index (χ0) is 9.90.